The maximum absolute atomic E-state index is 13.8. The van der Waals surface area contributed by atoms with Gasteiger partial charge in [-0.25, -0.2) is 9.37 Å². The summed E-state index contributed by atoms with van der Waals surface area (Å²) in [7, 11) is 0. The molecule has 4 aromatic rings. The van der Waals surface area contributed by atoms with Gasteiger partial charge in [-0.15, -0.1) is 0 Å². The molecule has 1 aliphatic heterocycles. The Morgan fingerprint density at radius 3 is 2.61 bits per heavy atom. The third-order valence-electron chi connectivity index (χ3n) is 5.71. The second-order valence-corrected chi connectivity index (χ2v) is 9.39. The number of fused-ring (bicyclic) bond motifs is 1. The number of ketones is 1. The monoisotopic (exact) mass is 524 g/mol. The van der Waals surface area contributed by atoms with Crippen molar-refractivity contribution in [1.82, 2.24) is 4.98 Å². The van der Waals surface area contributed by atoms with E-state index in [0.717, 1.165) is 11.3 Å². The van der Waals surface area contributed by atoms with Crippen LogP contribution >= 0.6 is 22.9 Å². The number of anilines is 1. The summed E-state index contributed by atoms with van der Waals surface area (Å²) in [4.78, 5) is 32.3. The molecule has 2 heterocycles. The standard InChI is InChI=1S/C26H18ClFN2O5S/c1-2-35-19-11-14(5-10-18(19)31)22-21(23(32)13-3-6-15(27)7-4-13)24(33)25(34)30(22)26-29-17-9-8-16(28)12-20(17)36-26/h3-12,22,31-32H,2H2,1H3/b23-21+. The quantitative estimate of drug-likeness (QED) is 0.194. The highest BCUT2D eigenvalue weighted by atomic mass is 35.5. The zero-order chi connectivity index (χ0) is 25.6. The lowest BCUT2D eigenvalue weighted by Gasteiger charge is -2.23. The molecule has 1 saturated heterocycles. The lowest BCUT2D eigenvalue weighted by atomic mass is 9.95. The summed E-state index contributed by atoms with van der Waals surface area (Å²) in [6, 6.07) is 13.5. The Hall–Kier alpha value is -3.95. The summed E-state index contributed by atoms with van der Waals surface area (Å²) in [5, 5.41) is 22.0. The number of carbonyl (C=O) groups is 2. The summed E-state index contributed by atoms with van der Waals surface area (Å²) in [5.74, 6) is -2.64. The van der Waals surface area contributed by atoms with Crippen molar-refractivity contribution in [1.29, 1.82) is 0 Å². The summed E-state index contributed by atoms with van der Waals surface area (Å²) in [5.41, 5.74) is 0.977. The summed E-state index contributed by atoms with van der Waals surface area (Å²) >= 11 is 7.01. The SMILES string of the molecule is CCOc1cc(C2/C(=C(\O)c3ccc(Cl)cc3)C(=O)C(=O)N2c2nc3ccc(F)cc3s2)ccc1O. The number of halogens is 2. The van der Waals surface area contributed by atoms with E-state index in [-0.39, 0.29) is 34.4 Å². The van der Waals surface area contributed by atoms with E-state index in [2.05, 4.69) is 4.98 Å². The van der Waals surface area contributed by atoms with Gasteiger partial charge in [-0.2, -0.15) is 0 Å². The number of benzene rings is 3. The Labute approximate surface area is 213 Å². The highest BCUT2D eigenvalue weighted by molar-refractivity contribution is 7.22. The number of nitrogens with zero attached hydrogens (tertiary/aromatic N) is 2. The lowest BCUT2D eigenvalue weighted by molar-refractivity contribution is -0.132. The van der Waals surface area contributed by atoms with Gasteiger partial charge in [-0.1, -0.05) is 29.0 Å². The molecule has 1 atom stereocenters. The predicted molar refractivity (Wildman–Crippen MR) is 135 cm³/mol. The Balaban J connectivity index is 1.74. The van der Waals surface area contributed by atoms with Crippen LogP contribution in [0.1, 0.15) is 24.1 Å². The van der Waals surface area contributed by atoms with Gasteiger partial charge in [0.25, 0.3) is 5.78 Å². The van der Waals surface area contributed by atoms with E-state index in [0.29, 0.717) is 20.8 Å². The molecule has 10 heteroatoms. The number of rotatable bonds is 5. The van der Waals surface area contributed by atoms with Crippen LogP contribution in [0.25, 0.3) is 16.0 Å². The number of aromatic nitrogens is 1. The normalized spacial score (nSPS) is 17.2. The third-order valence-corrected chi connectivity index (χ3v) is 6.98. The fourth-order valence-electron chi connectivity index (χ4n) is 4.07. The molecule has 7 nitrogen and oxygen atoms in total. The molecular weight excluding hydrogens is 507 g/mol. The van der Waals surface area contributed by atoms with E-state index < -0.39 is 29.3 Å². The Kier molecular flexibility index (Phi) is 6.11. The fraction of sp³-hybridized carbons (Fsp3) is 0.115. The minimum absolute atomic E-state index is 0.120. The summed E-state index contributed by atoms with van der Waals surface area (Å²) in [6.07, 6.45) is 0. The molecule has 0 bridgehead atoms. The average molecular weight is 525 g/mol. The van der Waals surface area contributed by atoms with Crippen molar-refractivity contribution >= 4 is 55.7 Å². The maximum Gasteiger partial charge on any atom is 0.301 e. The number of phenols is 1. The molecular formula is C26H18ClFN2O5S. The van der Waals surface area contributed by atoms with E-state index in [9.17, 15) is 24.2 Å². The molecule has 3 aromatic carbocycles. The number of aromatic hydroxyl groups is 1. The number of thiazole rings is 1. The Morgan fingerprint density at radius 2 is 1.89 bits per heavy atom. The van der Waals surface area contributed by atoms with Gasteiger partial charge < -0.3 is 14.9 Å². The van der Waals surface area contributed by atoms with E-state index in [1.807, 2.05) is 0 Å². The number of hydrogen-bond acceptors (Lipinski definition) is 7. The van der Waals surface area contributed by atoms with Crippen LogP contribution in [0.4, 0.5) is 9.52 Å². The number of aliphatic hydroxyl groups is 1. The predicted octanol–water partition coefficient (Wildman–Crippen LogP) is 5.82. The van der Waals surface area contributed by atoms with E-state index in [1.54, 1.807) is 19.1 Å². The first-order chi connectivity index (χ1) is 17.3. The molecule has 0 saturated carbocycles. The first-order valence-electron chi connectivity index (χ1n) is 10.9. The van der Waals surface area contributed by atoms with Crippen molar-refractivity contribution in [2.45, 2.75) is 13.0 Å². The molecule has 1 amide bonds. The third kappa shape index (κ3) is 4.06. The second-order valence-electron chi connectivity index (χ2n) is 7.94. The molecule has 36 heavy (non-hydrogen) atoms. The first-order valence-corrected chi connectivity index (χ1v) is 12.1. The molecule has 0 spiro atoms. The van der Waals surface area contributed by atoms with Gasteiger partial charge in [0, 0.05) is 10.6 Å². The van der Waals surface area contributed by atoms with Crippen molar-refractivity contribution in [2.75, 3.05) is 11.5 Å². The maximum atomic E-state index is 13.8. The number of carbonyl (C=O) groups excluding carboxylic acids is 2. The van der Waals surface area contributed by atoms with E-state index >= 15 is 0 Å². The van der Waals surface area contributed by atoms with Crippen LogP contribution in [-0.4, -0.2) is 33.5 Å². The minimum Gasteiger partial charge on any atom is -0.507 e. The van der Waals surface area contributed by atoms with Crippen LogP contribution in [0.3, 0.4) is 0 Å². The Morgan fingerprint density at radius 1 is 1.14 bits per heavy atom. The molecule has 1 aromatic heterocycles. The molecule has 1 fully saturated rings. The number of ether oxygens (including phenoxy) is 1. The second kappa shape index (κ2) is 9.25. The highest BCUT2D eigenvalue weighted by Crippen LogP contribution is 2.45. The molecule has 2 N–H and O–H groups in total. The smallest absolute Gasteiger partial charge is 0.301 e. The molecule has 0 aliphatic carbocycles. The molecule has 0 radical (unpaired) electrons. The van der Waals surface area contributed by atoms with Crippen LogP contribution in [-0.2, 0) is 9.59 Å². The van der Waals surface area contributed by atoms with Crippen molar-refractivity contribution in [2.24, 2.45) is 0 Å². The molecule has 5 rings (SSSR count). The highest BCUT2D eigenvalue weighted by Gasteiger charge is 2.48. The molecule has 1 unspecified atom stereocenters. The lowest BCUT2D eigenvalue weighted by Crippen LogP contribution is -2.29. The van der Waals surface area contributed by atoms with Gasteiger partial charge in [0.15, 0.2) is 16.6 Å². The largest absolute Gasteiger partial charge is 0.507 e. The number of amides is 1. The fourth-order valence-corrected chi connectivity index (χ4v) is 5.21. The zero-order valence-corrected chi connectivity index (χ0v) is 20.3. The Bertz CT molecular complexity index is 1550. The van der Waals surface area contributed by atoms with Crippen LogP contribution in [0.5, 0.6) is 11.5 Å². The number of Topliss-reactive ketones (excluding diaryl/α,β-unsaturated/α-hetero) is 1. The van der Waals surface area contributed by atoms with Gasteiger partial charge in [0.2, 0.25) is 0 Å². The van der Waals surface area contributed by atoms with Gasteiger partial charge in [-0.3, -0.25) is 14.5 Å². The topological polar surface area (TPSA) is 100.0 Å². The number of aliphatic hydroxyl groups excluding tert-OH is 1. The van der Waals surface area contributed by atoms with Crippen molar-refractivity contribution < 1.29 is 28.9 Å². The van der Waals surface area contributed by atoms with Crippen molar-refractivity contribution in [3.05, 3.63) is 88.2 Å². The van der Waals surface area contributed by atoms with Gasteiger partial charge in [0.05, 0.1) is 28.4 Å². The van der Waals surface area contributed by atoms with Gasteiger partial charge in [0.1, 0.15) is 11.6 Å². The van der Waals surface area contributed by atoms with Gasteiger partial charge >= 0.3 is 5.91 Å². The van der Waals surface area contributed by atoms with E-state index in [4.69, 9.17) is 16.3 Å². The average Bonchev–Trinajstić information content (AvgIpc) is 3.38. The summed E-state index contributed by atoms with van der Waals surface area (Å²) in [6.45, 7) is 2.02. The van der Waals surface area contributed by atoms with Crippen LogP contribution in [0.15, 0.2) is 66.2 Å². The van der Waals surface area contributed by atoms with E-state index in [1.165, 1.54) is 53.4 Å². The molecule has 1 aliphatic rings. The van der Waals surface area contributed by atoms with Crippen LogP contribution in [0, 0.1) is 5.82 Å². The van der Waals surface area contributed by atoms with Crippen molar-refractivity contribution in [3.63, 3.8) is 0 Å². The first kappa shape index (κ1) is 23.8. The minimum atomic E-state index is -1.09. The van der Waals surface area contributed by atoms with Crippen molar-refractivity contribution in [3.8, 4) is 11.5 Å². The number of phenolic OH excluding ortho intramolecular Hbond substituents is 1. The zero-order valence-electron chi connectivity index (χ0n) is 18.7. The number of hydrogen-bond donors (Lipinski definition) is 2. The van der Waals surface area contributed by atoms with Gasteiger partial charge in [-0.05, 0) is 67.1 Å². The molecule has 182 valence electrons. The van der Waals surface area contributed by atoms with Crippen LogP contribution in [0.2, 0.25) is 5.02 Å². The van der Waals surface area contributed by atoms with Crippen LogP contribution < -0.4 is 9.64 Å². The summed E-state index contributed by atoms with van der Waals surface area (Å²) < 4.78 is 19.8.